The number of benzene rings is 2. The van der Waals surface area contributed by atoms with Gasteiger partial charge in [-0.2, -0.15) is 0 Å². The number of rotatable bonds is 5. The second-order valence-electron chi connectivity index (χ2n) is 10.6. The molecule has 0 radical (unpaired) electrons. The fourth-order valence-electron chi connectivity index (χ4n) is 4.97. The van der Waals surface area contributed by atoms with Crippen LogP contribution in [0.3, 0.4) is 0 Å². The normalized spacial score (nSPS) is 18.5. The third kappa shape index (κ3) is 6.03. The van der Waals surface area contributed by atoms with Crippen molar-refractivity contribution in [2.75, 3.05) is 33.3 Å². The van der Waals surface area contributed by atoms with E-state index in [0.717, 1.165) is 62.8 Å². The van der Waals surface area contributed by atoms with E-state index in [9.17, 15) is 4.79 Å². The zero-order valence-electron chi connectivity index (χ0n) is 21.0. The average molecular weight is 467 g/mol. The molecule has 2 aromatic carbocycles. The standard InChI is InChI=1S/C28H38N2O4/c1-27(2,3)34-26(31)30-19-15-28(16-20-30)13-17-29(18-14-28)21-22-9-5-6-10-23(22)33-25-12-8-7-11-24(25)32-4/h5-12H,13-21H2,1-4H3. The molecule has 2 aliphatic rings. The number of nitrogens with zero attached hydrogens (tertiary/aromatic N) is 2. The summed E-state index contributed by atoms with van der Waals surface area (Å²) < 4.78 is 17.3. The maximum Gasteiger partial charge on any atom is 0.410 e. The fraction of sp³-hybridized carbons (Fsp3) is 0.536. The third-order valence-corrected chi connectivity index (χ3v) is 7.05. The van der Waals surface area contributed by atoms with Crippen LogP contribution in [0.5, 0.6) is 17.2 Å². The quantitative estimate of drug-likeness (QED) is 0.533. The van der Waals surface area contributed by atoms with Crippen LogP contribution in [-0.4, -0.2) is 54.8 Å². The van der Waals surface area contributed by atoms with Crippen molar-refractivity contribution >= 4 is 6.09 Å². The minimum absolute atomic E-state index is 0.175. The third-order valence-electron chi connectivity index (χ3n) is 7.05. The van der Waals surface area contributed by atoms with Crippen LogP contribution in [0.1, 0.15) is 52.0 Å². The van der Waals surface area contributed by atoms with Crippen LogP contribution in [0.25, 0.3) is 0 Å². The molecule has 2 saturated heterocycles. The van der Waals surface area contributed by atoms with E-state index < -0.39 is 5.60 Å². The van der Waals surface area contributed by atoms with Gasteiger partial charge < -0.3 is 19.1 Å². The van der Waals surface area contributed by atoms with Crippen LogP contribution in [0.2, 0.25) is 0 Å². The van der Waals surface area contributed by atoms with Crippen LogP contribution in [0.4, 0.5) is 4.79 Å². The molecule has 1 spiro atoms. The summed E-state index contributed by atoms with van der Waals surface area (Å²) in [6.07, 6.45) is 4.29. The molecule has 0 atom stereocenters. The van der Waals surface area contributed by atoms with Gasteiger partial charge in [0.05, 0.1) is 7.11 Å². The van der Waals surface area contributed by atoms with Gasteiger partial charge in [-0.1, -0.05) is 30.3 Å². The molecule has 0 saturated carbocycles. The molecule has 2 heterocycles. The van der Waals surface area contributed by atoms with Crippen LogP contribution < -0.4 is 9.47 Å². The molecule has 2 aromatic rings. The van der Waals surface area contributed by atoms with Gasteiger partial charge in [0.1, 0.15) is 11.4 Å². The smallest absolute Gasteiger partial charge is 0.410 e. The van der Waals surface area contributed by atoms with E-state index in [4.69, 9.17) is 14.2 Å². The van der Waals surface area contributed by atoms with Crippen molar-refractivity contribution in [1.29, 1.82) is 0 Å². The van der Waals surface area contributed by atoms with Crippen molar-refractivity contribution in [3.63, 3.8) is 0 Å². The number of carbonyl (C=O) groups is 1. The highest BCUT2D eigenvalue weighted by atomic mass is 16.6. The Kier molecular flexibility index (Phi) is 7.36. The summed E-state index contributed by atoms with van der Waals surface area (Å²) in [5.74, 6) is 2.33. The lowest BCUT2D eigenvalue weighted by atomic mass is 9.71. The maximum absolute atomic E-state index is 12.4. The molecule has 1 amide bonds. The molecule has 0 unspecified atom stereocenters. The van der Waals surface area contributed by atoms with Gasteiger partial charge in [0, 0.05) is 25.2 Å². The lowest BCUT2D eigenvalue weighted by Crippen LogP contribution is -2.49. The zero-order valence-corrected chi connectivity index (χ0v) is 21.0. The van der Waals surface area contributed by atoms with Crippen molar-refractivity contribution in [3.05, 3.63) is 54.1 Å². The number of piperidine rings is 2. The number of hydrogen-bond acceptors (Lipinski definition) is 5. The lowest BCUT2D eigenvalue weighted by Gasteiger charge is -2.47. The Hall–Kier alpha value is -2.73. The predicted octanol–water partition coefficient (Wildman–Crippen LogP) is 6.10. The van der Waals surface area contributed by atoms with Crippen molar-refractivity contribution in [2.45, 2.75) is 58.6 Å². The monoisotopic (exact) mass is 466 g/mol. The number of amides is 1. The highest BCUT2D eigenvalue weighted by Crippen LogP contribution is 2.42. The number of hydrogen-bond donors (Lipinski definition) is 0. The van der Waals surface area contributed by atoms with Gasteiger partial charge in [0.2, 0.25) is 0 Å². The van der Waals surface area contributed by atoms with E-state index in [1.807, 2.05) is 62.1 Å². The Bertz CT molecular complexity index is 966. The summed E-state index contributed by atoms with van der Waals surface area (Å²) in [4.78, 5) is 16.8. The van der Waals surface area contributed by atoms with Gasteiger partial charge >= 0.3 is 6.09 Å². The van der Waals surface area contributed by atoms with E-state index in [1.165, 1.54) is 18.4 Å². The Morgan fingerprint density at radius 3 is 2.03 bits per heavy atom. The molecule has 184 valence electrons. The summed E-state index contributed by atoms with van der Waals surface area (Å²) >= 11 is 0. The molecule has 0 aliphatic carbocycles. The molecule has 0 bridgehead atoms. The first kappa shape index (κ1) is 24.4. The van der Waals surface area contributed by atoms with Crippen LogP contribution in [0, 0.1) is 5.41 Å². The molecule has 34 heavy (non-hydrogen) atoms. The van der Waals surface area contributed by atoms with Gasteiger partial charge in [0.25, 0.3) is 0 Å². The Morgan fingerprint density at radius 2 is 1.41 bits per heavy atom. The van der Waals surface area contributed by atoms with Gasteiger partial charge in [0.15, 0.2) is 11.5 Å². The van der Waals surface area contributed by atoms with Gasteiger partial charge in [-0.25, -0.2) is 4.79 Å². The van der Waals surface area contributed by atoms with Crippen molar-refractivity contribution in [2.24, 2.45) is 5.41 Å². The number of likely N-dealkylation sites (tertiary alicyclic amines) is 2. The molecule has 2 fully saturated rings. The molecule has 0 N–H and O–H groups in total. The van der Waals surface area contributed by atoms with Gasteiger partial charge in [-0.3, -0.25) is 4.90 Å². The first-order valence-electron chi connectivity index (χ1n) is 12.4. The number of methoxy groups -OCH3 is 1. The highest BCUT2D eigenvalue weighted by molar-refractivity contribution is 5.68. The van der Waals surface area contributed by atoms with Gasteiger partial charge in [-0.05, 0) is 83.2 Å². The molecule has 6 heteroatoms. The number of para-hydroxylation sites is 3. The molecular weight excluding hydrogens is 428 g/mol. The van der Waals surface area contributed by atoms with Gasteiger partial charge in [-0.15, -0.1) is 0 Å². The summed E-state index contributed by atoms with van der Waals surface area (Å²) in [5.41, 5.74) is 1.09. The van der Waals surface area contributed by atoms with Crippen LogP contribution >= 0.6 is 0 Å². The second kappa shape index (κ2) is 10.3. The van der Waals surface area contributed by atoms with Crippen molar-refractivity contribution in [1.82, 2.24) is 9.80 Å². The average Bonchev–Trinajstić information content (AvgIpc) is 2.81. The SMILES string of the molecule is COc1ccccc1Oc1ccccc1CN1CCC2(CC1)CCN(C(=O)OC(C)(C)C)CC2. The largest absolute Gasteiger partial charge is 0.493 e. The Morgan fingerprint density at radius 1 is 0.853 bits per heavy atom. The van der Waals surface area contributed by atoms with E-state index in [2.05, 4.69) is 17.0 Å². The molecule has 4 rings (SSSR count). The first-order valence-corrected chi connectivity index (χ1v) is 12.4. The fourth-order valence-corrected chi connectivity index (χ4v) is 4.97. The van der Waals surface area contributed by atoms with E-state index in [-0.39, 0.29) is 6.09 Å². The molecular formula is C28H38N2O4. The number of carbonyl (C=O) groups excluding carboxylic acids is 1. The highest BCUT2D eigenvalue weighted by Gasteiger charge is 2.39. The Balaban J connectivity index is 1.32. The lowest BCUT2D eigenvalue weighted by molar-refractivity contribution is -0.00314. The van der Waals surface area contributed by atoms with E-state index in [1.54, 1.807) is 7.11 Å². The minimum atomic E-state index is -0.441. The summed E-state index contributed by atoms with van der Waals surface area (Å²) in [5, 5.41) is 0. The van der Waals surface area contributed by atoms with E-state index >= 15 is 0 Å². The predicted molar refractivity (Wildman–Crippen MR) is 133 cm³/mol. The molecule has 0 aromatic heterocycles. The number of ether oxygens (including phenoxy) is 3. The van der Waals surface area contributed by atoms with Crippen molar-refractivity contribution < 1.29 is 19.0 Å². The second-order valence-corrected chi connectivity index (χ2v) is 10.6. The molecule has 6 nitrogen and oxygen atoms in total. The molecule has 2 aliphatic heterocycles. The van der Waals surface area contributed by atoms with Crippen LogP contribution in [-0.2, 0) is 11.3 Å². The van der Waals surface area contributed by atoms with Crippen molar-refractivity contribution in [3.8, 4) is 17.2 Å². The van der Waals surface area contributed by atoms with E-state index in [0.29, 0.717) is 5.41 Å². The first-order chi connectivity index (χ1) is 16.3. The maximum atomic E-state index is 12.4. The van der Waals surface area contributed by atoms with Crippen LogP contribution in [0.15, 0.2) is 48.5 Å². The summed E-state index contributed by atoms with van der Waals surface area (Å²) in [7, 11) is 1.66. The topological polar surface area (TPSA) is 51.2 Å². The Labute approximate surface area is 203 Å². The minimum Gasteiger partial charge on any atom is -0.493 e. The summed E-state index contributed by atoms with van der Waals surface area (Å²) in [6, 6.07) is 16.0. The summed E-state index contributed by atoms with van der Waals surface area (Å²) in [6.45, 7) is 10.4. The zero-order chi connectivity index (χ0) is 24.2.